The molecule has 1 aliphatic heterocycles. The molecular formula is C14H20N2O3. The minimum absolute atomic E-state index is 0.0158. The zero-order chi connectivity index (χ0) is 14.0. The third-order valence-corrected chi connectivity index (χ3v) is 3.62. The molecule has 1 heterocycles. The number of hydrogen-bond donors (Lipinski definition) is 1. The van der Waals surface area contributed by atoms with E-state index < -0.39 is 0 Å². The molecule has 19 heavy (non-hydrogen) atoms. The topological polar surface area (TPSA) is 64.8 Å². The summed E-state index contributed by atoms with van der Waals surface area (Å²) in [6.45, 7) is 3.72. The molecule has 1 aliphatic rings. The molecule has 0 fully saturated rings. The lowest BCUT2D eigenvalue weighted by molar-refractivity contribution is 0.0726. The summed E-state index contributed by atoms with van der Waals surface area (Å²) < 4.78 is 10.7. The molecule has 0 aliphatic carbocycles. The smallest absolute Gasteiger partial charge is 0.258 e. The summed E-state index contributed by atoms with van der Waals surface area (Å²) in [6.07, 6.45) is 0. The SMILES string of the molecule is CCN1CC(CN)c2c(OC)ccc(OC)c2C1=O. The van der Waals surface area contributed by atoms with Crippen LogP contribution < -0.4 is 15.2 Å². The molecule has 0 aromatic heterocycles. The van der Waals surface area contributed by atoms with E-state index in [0.29, 0.717) is 36.7 Å². The van der Waals surface area contributed by atoms with Crippen LogP contribution in [0, 0.1) is 0 Å². The summed E-state index contributed by atoms with van der Waals surface area (Å²) in [6, 6.07) is 3.59. The highest BCUT2D eigenvalue weighted by Gasteiger charge is 2.35. The molecule has 0 saturated heterocycles. The minimum atomic E-state index is -0.0158. The lowest BCUT2D eigenvalue weighted by Gasteiger charge is -2.34. The maximum absolute atomic E-state index is 12.5. The number of likely N-dealkylation sites (N-methyl/N-ethyl adjacent to an activating group) is 1. The van der Waals surface area contributed by atoms with Crippen molar-refractivity contribution in [1.29, 1.82) is 0 Å². The van der Waals surface area contributed by atoms with Crippen LogP contribution in [0.5, 0.6) is 11.5 Å². The molecule has 5 heteroatoms. The van der Waals surface area contributed by atoms with E-state index in [2.05, 4.69) is 0 Å². The predicted octanol–water partition coefficient (Wildman–Crippen LogP) is 1.22. The van der Waals surface area contributed by atoms with Gasteiger partial charge in [-0.15, -0.1) is 0 Å². The van der Waals surface area contributed by atoms with E-state index >= 15 is 0 Å². The van der Waals surface area contributed by atoms with Gasteiger partial charge in [0.1, 0.15) is 11.5 Å². The van der Waals surface area contributed by atoms with Crippen LogP contribution in [0.2, 0.25) is 0 Å². The van der Waals surface area contributed by atoms with Gasteiger partial charge in [0.2, 0.25) is 0 Å². The highest BCUT2D eigenvalue weighted by molar-refractivity contribution is 6.00. The summed E-state index contributed by atoms with van der Waals surface area (Å²) in [5.41, 5.74) is 7.32. The van der Waals surface area contributed by atoms with Gasteiger partial charge in [-0.1, -0.05) is 0 Å². The van der Waals surface area contributed by atoms with Gasteiger partial charge in [-0.25, -0.2) is 0 Å². The zero-order valence-electron chi connectivity index (χ0n) is 11.6. The molecule has 5 nitrogen and oxygen atoms in total. The average molecular weight is 264 g/mol. The quantitative estimate of drug-likeness (QED) is 0.888. The van der Waals surface area contributed by atoms with Crippen molar-refractivity contribution >= 4 is 5.91 Å². The van der Waals surface area contributed by atoms with Gasteiger partial charge >= 0.3 is 0 Å². The van der Waals surface area contributed by atoms with Crippen LogP contribution in [0.4, 0.5) is 0 Å². The van der Waals surface area contributed by atoms with E-state index in [-0.39, 0.29) is 11.8 Å². The Balaban J connectivity index is 2.65. The van der Waals surface area contributed by atoms with E-state index in [1.54, 1.807) is 25.2 Å². The monoisotopic (exact) mass is 264 g/mol. The number of nitrogens with zero attached hydrogens (tertiary/aromatic N) is 1. The second-order valence-corrected chi connectivity index (χ2v) is 4.54. The van der Waals surface area contributed by atoms with Gasteiger partial charge in [0.05, 0.1) is 19.8 Å². The molecule has 1 aromatic rings. The molecular weight excluding hydrogens is 244 g/mol. The molecule has 2 N–H and O–H groups in total. The Labute approximate surface area is 113 Å². The second kappa shape index (κ2) is 5.48. The van der Waals surface area contributed by atoms with Crippen LogP contribution in [-0.2, 0) is 0 Å². The van der Waals surface area contributed by atoms with Gasteiger partial charge in [-0.2, -0.15) is 0 Å². The molecule has 0 saturated carbocycles. The maximum Gasteiger partial charge on any atom is 0.258 e. The first-order chi connectivity index (χ1) is 9.17. The van der Waals surface area contributed by atoms with Crippen molar-refractivity contribution in [3.8, 4) is 11.5 Å². The Morgan fingerprint density at radius 3 is 2.47 bits per heavy atom. The van der Waals surface area contributed by atoms with E-state index in [9.17, 15) is 4.79 Å². The van der Waals surface area contributed by atoms with E-state index in [0.717, 1.165) is 5.56 Å². The standard InChI is InChI=1S/C14H20N2O3/c1-4-16-8-9(7-15)12-10(18-2)5-6-11(19-3)13(12)14(16)17/h5-6,9H,4,7-8,15H2,1-3H3. The Hall–Kier alpha value is -1.75. The number of ether oxygens (including phenoxy) is 2. The van der Waals surface area contributed by atoms with E-state index in [4.69, 9.17) is 15.2 Å². The van der Waals surface area contributed by atoms with Crippen molar-refractivity contribution in [1.82, 2.24) is 4.90 Å². The largest absolute Gasteiger partial charge is 0.496 e. The van der Waals surface area contributed by atoms with E-state index in [1.807, 2.05) is 13.0 Å². The number of carbonyl (C=O) groups excluding carboxylic acids is 1. The Morgan fingerprint density at radius 1 is 1.32 bits per heavy atom. The minimum Gasteiger partial charge on any atom is -0.496 e. The summed E-state index contributed by atoms with van der Waals surface area (Å²) in [4.78, 5) is 14.3. The lowest BCUT2D eigenvalue weighted by atomic mass is 9.87. The van der Waals surface area contributed by atoms with Gasteiger partial charge in [0.25, 0.3) is 5.91 Å². The van der Waals surface area contributed by atoms with Gasteiger partial charge in [-0.05, 0) is 19.1 Å². The maximum atomic E-state index is 12.5. The summed E-state index contributed by atoms with van der Waals surface area (Å²) in [5, 5.41) is 0. The third-order valence-electron chi connectivity index (χ3n) is 3.62. The normalized spacial score (nSPS) is 18.2. The number of benzene rings is 1. The fourth-order valence-corrected chi connectivity index (χ4v) is 2.62. The molecule has 0 spiro atoms. The Bertz CT molecular complexity index is 488. The van der Waals surface area contributed by atoms with Crippen molar-refractivity contribution in [2.45, 2.75) is 12.8 Å². The highest BCUT2D eigenvalue weighted by Crippen LogP contribution is 2.39. The lowest BCUT2D eigenvalue weighted by Crippen LogP contribution is -2.42. The fourth-order valence-electron chi connectivity index (χ4n) is 2.62. The molecule has 104 valence electrons. The molecule has 1 amide bonds. The first-order valence-corrected chi connectivity index (χ1v) is 6.42. The average Bonchev–Trinajstić information content (AvgIpc) is 2.46. The first-order valence-electron chi connectivity index (χ1n) is 6.42. The number of fused-ring (bicyclic) bond motifs is 1. The molecule has 1 aromatic carbocycles. The molecule has 0 bridgehead atoms. The molecule has 1 unspecified atom stereocenters. The predicted molar refractivity (Wildman–Crippen MR) is 72.9 cm³/mol. The Kier molecular flexibility index (Phi) is 3.95. The van der Waals surface area contributed by atoms with Crippen LogP contribution in [0.3, 0.4) is 0 Å². The number of amides is 1. The van der Waals surface area contributed by atoms with Crippen molar-refractivity contribution in [2.75, 3.05) is 33.9 Å². The van der Waals surface area contributed by atoms with Crippen LogP contribution in [-0.4, -0.2) is 44.7 Å². The molecule has 0 radical (unpaired) electrons. The van der Waals surface area contributed by atoms with Crippen molar-refractivity contribution < 1.29 is 14.3 Å². The number of nitrogens with two attached hydrogens (primary N) is 1. The van der Waals surface area contributed by atoms with Crippen LogP contribution >= 0.6 is 0 Å². The van der Waals surface area contributed by atoms with Gasteiger partial charge in [-0.3, -0.25) is 4.79 Å². The second-order valence-electron chi connectivity index (χ2n) is 4.54. The van der Waals surface area contributed by atoms with Crippen LogP contribution in [0.1, 0.15) is 28.8 Å². The molecule has 2 rings (SSSR count). The van der Waals surface area contributed by atoms with Crippen LogP contribution in [0.15, 0.2) is 12.1 Å². The van der Waals surface area contributed by atoms with Gasteiger partial charge in [0.15, 0.2) is 0 Å². The van der Waals surface area contributed by atoms with Gasteiger partial charge in [0, 0.05) is 31.1 Å². The molecule has 1 atom stereocenters. The van der Waals surface area contributed by atoms with Gasteiger partial charge < -0.3 is 20.1 Å². The zero-order valence-corrected chi connectivity index (χ0v) is 11.6. The number of hydrogen-bond acceptors (Lipinski definition) is 4. The van der Waals surface area contributed by atoms with Crippen molar-refractivity contribution in [3.63, 3.8) is 0 Å². The van der Waals surface area contributed by atoms with E-state index in [1.165, 1.54) is 0 Å². The number of carbonyl (C=O) groups is 1. The Morgan fingerprint density at radius 2 is 1.95 bits per heavy atom. The highest BCUT2D eigenvalue weighted by atomic mass is 16.5. The third kappa shape index (κ3) is 2.14. The van der Waals surface area contributed by atoms with Crippen molar-refractivity contribution in [3.05, 3.63) is 23.3 Å². The van der Waals surface area contributed by atoms with Crippen LogP contribution in [0.25, 0.3) is 0 Å². The summed E-state index contributed by atoms with van der Waals surface area (Å²) >= 11 is 0. The fraction of sp³-hybridized carbons (Fsp3) is 0.500. The first kappa shape index (κ1) is 13.7. The number of methoxy groups -OCH3 is 2. The number of rotatable bonds is 4. The summed E-state index contributed by atoms with van der Waals surface area (Å²) in [7, 11) is 3.17. The van der Waals surface area contributed by atoms with Crippen molar-refractivity contribution in [2.24, 2.45) is 5.73 Å². The summed E-state index contributed by atoms with van der Waals surface area (Å²) in [5.74, 6) is 1.35.